The van der Waals surface area contributed by atoms with Gasteiger partial charge in [-0.1, -0.05) is 6.07 Å². The summed E-state index contributed by atoms with van der Waals surface area (Å²) in [4.78, 5) is 37.0. The summed E-state index contributed by atoms with van der Waals surface area (Å²) in [6.07, 6.45) is 0. The van der Waals surface area contributed by atoms with Crippen molar-refractivity contribution in [1.82, 2.24) is 10.2 Å². The summed E-state index contributed by atoms with van der Waals surface area (Å²) in [6, 6.07) is 9.13. The Morgan fingerprint density at radius 3 is 2.40 bits per heavy atom. The highest BCUT2D eigenvalue weighted by Crippen LogP contribution is 2.22. The fourth-order valence-corrected chi connectivity index (χ4v) is 3.07. The molecule has 0 saturated carbocycles. The maximum Gasteiger partial charge on any atom is 0.313 e. The molecule has 0 aliphatic heterocycles. The Morgan fingerprint density at radius 1 is 1.20 bits per heavy atom. The Labute approximate surface area is 148 Å². The molecule has 9 heteroatoms. The molecule has 2 amide bonds. The predicted molar refractivity (Wildman–Crippen MR) is 95.5 cm³/mol. The number of likely N-dealkylation sites (N-methyl/N-ethyl adjacent to an activating group) is 1. The largest absolute Gasteiger partial charge is 0.346 e. The van der Waals surface area contributed by atoms with Crippen molar-refractivity contribution >= 4 is 34.5 Å². The molecule has 8 nitrogen and oxygen atoms in total. The zero-order valence-electron chi connectivity index (χ0n) is 13.8. The van der Waals surface area contributed by atoms with Gasteiger partial charge in [-0.25, -0.2) is 0 Å². The van der Waals surface area contributed by atoms with Gasteiger partial charge in [-0.3, -0.25) is 19.7 Å². The van der Waals surface area contributed by atoms with E-state index >= 15 is 0 Å². The monoisotopic (exact) mass is 362 g/mol. The Kier molecular flexibility index (Phi) is 6.20. The number of amides is 2. The molecular formula is C16H18N4O4S. The quantitative estimate of drug-likeness (QED) is 0.465. The summed E-state index contributed by atoms with van der Waals surface area (Å²) >= 11 is 1.58. The maximum atomic E-state index is 12.0. The smallest absolute Gasteiger partial charge is 0.313 e. The summed E-state index contributed by atoms with van der Waals surface area (Å²) in [5.74, 6) is -1.58. The zero-order chi connectivity index (χ0) is 18.4. The first-order valence-electron chi connectivity index (χ1n) is 7.42. The molecule has 1 heterocycles. The van der Waals surface area contributed by atoms with Crippen molar-refractivity contribution in [3.63, 3.8) is 0 Å². The fourth-order valence-electron chi connectivity index (χ4n) is 2.14. The molecule has 0 saturated heterocycles. The highest BCUT2D eigenvalue weighted by molar-refractivity contribution is 7.10. The van der Waals surface area contributed by atoms with Crippen LogP contribution in [0.1, 0.15) is 10.9 Å². The van der Waals surface area contributed by atoms with Crippen LogP contribution in [0.25, 0.3) is 0 Å². The number of anilines is 1. The molecule has 0 fully saturated rings. The number of nitro groups is 1. The summed E-state index contributed by atoms with van der Waals surface area (Å²) in [6.45, 7) is 0.292. The number of nitrogens with zero attached hydrogens (tertiary/aromatic N) is 2. The third-order valence-corrected chi connectivity index (χ3v) is 4.47. The Bertz CT molecular complexity index is 744. The van der Waals surface area contributed by atoms with Crippen molar-refractivity contribution < 1.29 is 14.5 Å². The van der Waals surface area contributed by atoms with Crippen molar-refractivity contribution in [1.29, 1.82) is 0 Å². The number of non-ortho nitro benzene ring substituents is 1. The van der Waals surface area contributed by atoms with Crippen LogP contribution in [0.3, 0.4) is 0 Å². The molecule has 1 aromatic heterocycles. The van der Waals surface area contributed by atoms with E-state index in [1.807, 2.05) is 36.5 Å². The number of carbonyl (C=O) groups excluding carboxylic acids is 2. The van der Waals surface area contributed by atoms with E-state index in [9.17, 15) is 19.7 Å². The standard InChI is InChI=1S/C16H18N4O4S/c1-19(2)13(14-4-3-9-25-14)10-17-15(21)16(22)18-11-5-7-12(8-6-11)20(23)24/h3-9,13H,10H2,1-2H3,(H,17,21)(H,18,22)/t13-/m0/s1. The van der Waals surface area contributed by atoms with E-state index in [-0.39, 0.29) is 11.7 Å². The van der Waals surface area contributed by atoms with Gasteiger partial charge in [0.05, 0.1) is 11.0 Å². The van der Waals surface area contributed by atoms with Crippen LogP contribution in [0.5, 0.6) is 0 Å². The predicted octanol–water partition coefficient (Wildman–Crippen LogP) is 2.01. The molecule has 25 heavy (non-hydrogen) atoms. The molecule has 2 rings (SSSR count). The van der Waals surface area contributed by atoms with Gasteiger partial charge in [0.15, 0.2) is 0 Å². The van der Waals surface area contributed by atoms with E-state index < -0.39 is 16.7 Å². The van der Waals surface area contributed by atoms with Crippen LogP contribution >= 0.6 is 11.3 Å². The molecule has 0 aliphatic rings. The number of benzene rings is 1. The average Bonchev–Trinajstić information content (AvgIpc) is 3.09. The van der Waals surface area contributed by atoms with Crippen LogP contribution in [0.2, 0.25) is 0 Å². The Morgan fingerprint density at radius 2 is 1.88 bits per heavy atom. The minimum Gasteiger partial charge on any atom is -0.346 e. The Hall–Kier alpha value is -2.78. The number of hydrogen-bond acceptors (Lipinski definition) is 6. The third kappa shape index (κ3) is 5.10. The van der Waals surface area contributed by atoms with Gasteiger partial charge < -0.3 is 15.5 Å². The van der Waals surface area contributed by atoms with Gasteiger partial charge in [0.1, 0.15) is 0 Å². The van der Waals surface area contributed by atoms with Crippen LogP contribution in [0.4, 0.5) is 11.4 Å². The van der Waals surface area contributed by atoms with E-state index in [1.165, 1.54) is 24.3 Å². The second-order valence-corrected chi connectivity index (χ2v) is 6.44. The van der Waals surface area contributed by atoms with Gasteiger partial charge in [0, 0.05) is 29.2 Å². The van der Waals surface area contributed by atoms with Gasteiger partial charge >= 0.3 is 11.8 Å². The lowest BCUT2D eigenvalue weighted by Crippen LogP contribution is -2.40. The van der Waals surface area contributed by atoms with Crippen molar-refractivity contribution in [3.05, 3.63) is 56.8 Å². The molecule has 0 aliphatic carbocycles. The van der Waals surface area contributed by atoms with E-state index in [4.69, 9.17) is 0 Å². The second-order valence-electron chi connectivity index (χ2n) is 5.46. The normalized spacial score (nSPS) is 11.8. The molecule has 0 bridgehead atoms. The van der Waals surface area contributed by atoms with Gasteiger partial charge in [-0.15, -0.1) is 11.3 Å². The molecule has 0 spiro atoms. The van der Waals surface area contributed by atoms with Crippen molar-refractivity contribution in [3.8, 4) is 0 Å². The minimum absolute atomic E-state index is 0.0314. The molecule has 132 valence electrons. The molecular weight excluding hydrogens is 344 g/mol. The molecule has 2 N–H and O–H groups in total. The number of rotatable bonds is 6. The van der Waals surface area contributed by atoms with Crippen LogP contribution in [0, 0.1) is 10.1 Å². The summed E-state index contributed by atoms with van der Waals surface area (Å²) in [5, 5.41) is 17.6. The van der Waals surface area contributed by atoms with E-state index in [0.29, 0.717) is 12.2 Å². The third-order valence-electron chi connectivity index (χ3n) is 3.49. The van der Waals surface area contributed by atoms with Crippen LogP contribution < -0.4 is 10.6 Å². The lowest BCUT2D eigenvalue weighted by molar-refractivity contribution is -0.384. The van der Waals surface area contributed by atoms with Gasteiger partial charge in [0.2, 0.25) is 0 Å². The van der Waals surface area contributed by atoms with Gasteiger partial charge in [-0.05, 0) is 37.7 Å². The fraction of sp³-hybridized carbons (Fsp3) is 0.250. The number of nitrogens with one attached hydrogen (secondary N) is 2. The van der Waals surface area contributed by atoms with Crippen LogP contribution in [0.15, 0.2) is 41.8 Å². The second kappa shape index (κ2) is 8.36. The zero-order valence-corrected chi connectivity index (χ0v) is 14.6. The molecule has 1 aromatic carbocycles. The summed E-state index contributed by atoms with van der Waals surface area (Å²) in [7, 11) is 3.79. The summed E-state index contributed by atoms with van der Waals surface area (Å²) < 4.78 is 0. The van der Waals surface area contributed by atoms with E-state index in [0.717, 1.165) is 4.88 Å². The lowest BCUT2D eigenvalue weighted by atomic mass is 10.2. The molecule has 0 radical (unpaired) electrons. The topological polar surface area (TPSA) is 105 Å². The van der Waals surface area contributed by atoms with Crippen molar-refractivity contribution in [2.45, 2.75) is 6.04 Å². The first-order chi connectivity index (χ1) is 11.9. The lowest BCUT2D eigenvalue weighted by Gasteiger charge is -2.23. The highest BCUT2D eigenvalue weighted by Gasteiger charge is 2.19. The summed E-state index contributed by atoms with van der Waals surface area (Å²) in [5.41, 5.74) is 0.223. The molecule has 2 aromatic rings. The number of thiophene rings is 1. The van der Waals surface area contributed by atoms with E-state index in [2.05, 4.69) is 10.6 Å². The average molecular weight is 362 g/mol. The van der Waals surface area contributed by atoms with E-state index in [1.54, 1.807) is 11.3 Å². The van der Waals surface area contributed by atoms with Crippen LogP contribution in [-0.2, 0) is 9.59 Å². The highest BCUT2D eigenvalue weighted by atomic mass is 32.1. The first kappa shape index (κ1) is 18.6. The minimum atomic E-state index is -0.822. The number of carbonyl (C=O) groups is 2. The molecule has 0 unspecified atom stereocenters. The van der Waals surface area contributed by atoms with Crippen molar-refractivity contribution in [2.75, 3.05) is 26.0 Å². The van der Waals surface area contributed by atoms with Crippen molar-refractivity contribution in [2.24, 2.45) is 0 Å². The van der Waals surface area contributed by atoms with Crippen LogP contribution in [-0.4, -0.2) is 42.3 Å². The van der Waals surface area contributed by atoms with Gasteiger partial charge in [0.25, 0.3) is 5.69 Å². The van der Waals surface area contributed by atoms with Gasteiger partial charge in [-0.2, -0.15) is 0 Å². The SMILES string of the molecule is CN(C)[C@@H](CNC(=O)C(=O)Nc1ccc([N+](=O)[O-])cc1)c1cccs1. The first-order valence-corrected chi connectivity index (χ1v) is 8.30. The number of nitro benzene ring substituents is 1. The Balaban J connectivity index is 1.91. The number of hydrogen-bond donors (Lipinski definition) is 2. The maximum absolute atomic E-state index is 12.0. The molecule has 1 atom stereocenters.